The molecule has 2 aromatic carbocycles. The minimum atomic E-state index is -0.490. The number of rotatable bonds is 5. The van der Waals surface area contributed by atoms with E-state index in [9.17, 15) is 14.0 Å². The van der Waals surface area contributed by atoms with Crippen LogP contribution in [0.3, 0.4) is 0 Å². The number of nitrogens with zero attached hydrogens (tertiary/aromatic N) is 1. The highest BCUT2D eigenvalue weighted by Crippen LogP contribution is 2.43. The summed E-state index contributed by atoms with van der Waals surface area (Å²) in [5.74, 6) is -0.994. The number of imide groups is 1. The summed E-state index contributed by atoms with van der Waals surface area (Å²) in [4.78, 5) is 27.7. The molecule has 2 aromatic rings. The molecule has 7 heteroatoms. The Labute approximate surface area is 166 Å². The molecule has 0 spiro atoms. The fraction of sp³-hybridized carbons (Fsp3) is 0.200. The number of hydrogen-bond donors (Lipinski definition) is 0. The van der Waals surface area contributed by atoms with Gasteiger partial charge in [-0.2, -0.15) is 0 Å². The monoisotopic (exact) mass is 405 g/mol. The van der Waals surface area contributed by atoms with Crippen molar-refractivity contribution in [3.63, 3.8) is 0 Å². The molecule has 1 aliphatic heterocycles. The first-order chi connectivity index (χ1) is 12.8. The number of carbonyl (C=O) groups is 2. The molecule has 0 unspecified atom stereocenters. The van der Waals surface area contributed by atoms with Crippen molar-refractivity contribution < 1.29 is 18.7 Å². The van der Waals surface area contributed by atoms with Crippen LogP contribution in [0.5, 0.6) is 5.75 Å². The maximum atomic E-state index is 13.3. The van der Waals surface area contributed by atoms with Crippen molar-refractivity contribution in [1.82, 2.24) is 0 Å². The van der Waals surface area contributed by atoms with Crippen LogP contribution in [0.2, 0.25) is 5.02 Å². The second kappa shape index (κ2) is 7.74. The Morgan fingerprint density at radius 3 is 2.33 bits per heavy atom. The topological polar surface area (TPSA) is 46.6 Å². The highest BCUT2D eigenvalue weighted by Gasteiger charge is 2.41. The van der Waals surface area contributed by atoms with Crippen LogP contribution in [-0.4, -0.2) is 24.2 Å². The summed E-state index contributed by atoms with van der Waals surface area (Å²) in [6.45, 7) is 3.86. The first-order valence-electron chi connectivity index (χ1n) is 8.22. The number of benzene rings is 2. The van der Waals surface area contributed by atoms with Gasteiger partial charge in [0.1, 0.15) is 11.6 Å². The highest BCUT2D eigenvalue weighted by atomic mass is 35.5. The van der Waals surface area contributed by atoms with Gasteiger partial charge in [0.15, 0.2) is 0 Å². The van der Waals surface area contributed by atoms with E-state index >= 15 is 0 Å². The van der Waals surface area contributed by atoms with Crippen molar-refractivity contribution >= 4 is 46.4 Å². The van der Waals surface area contributed by atoms with Crippen LogP contribution < -0.4 is 9.64 Å². The van der Waals surface area contributed by atoms with E-state index in [1.165, 1.54) is 49.2 Å². The van der Waals surface area contributed by atoms with Crippen LogP contribution >= 0.6 is 23.4 Å². The second-order valence-corrected chi connectivity index (χ2v) is 8.16. The molecule has 3 rings (SSSR count). The minimum absolute atomic E-state index is 0.0772. The number of anilines is 1. The first kappa shape index (κ1) is 19.5. The fourth-order valence-corrected chi connectivity index (χ4v) is 3.94. The first-order valence-corrected chi connectivity index (χ1v) is 9.48. The largest absolute Gasteiger partial charge is 0.495 e. The van der Waals surface area contributed by atoms with Crippen LogP contribution in [0.15, 0.2) is 47.4 Å². The highest BCUT2D eigenvalue weighted by molar-refractivity contribution is 8.04. The summed E-state index contributed by atoms with van der Waals surface area (Å²) in [7, 11) is 1.45. The van der Waals surface area contributed by atoms with E-state index in [0.29, 0.717) is 21.2 Å². The Kier molecular flexibility index (Phi) is 5.58. The zero-order valence-corrected chi connectivity index (χ0v) is 16.5. The molecule has 0 bridgehead atoms. The van der Waals surface area contributed by atoms with Gasteiger partial charge >= 0.3 is 0 Å². The Morgan fingerprint density at radius 1 is 1.07 bits per heavy atom. The standard InChI is InChI=1S/C20H17ClFNO3S/c1-11(2)27-18-17(12-4-7-14(22)8-5-12)19(24)23(20(18)25)15-10-13(21)6-9-16(15)26-3/h4-11H,1-3H3. The maximum Gasteiger partial charge on any atom is 0.272 e. The molecule has 27 heavy (non-hydrogen) atoms. The van der Waals surface area contributed by atoms with Crippen LogP contribution in [0, 0.1) is 5.82 Å². The molecule has 0 N–H and O–H groups in total. The lowest BCUT2D eigenvalue weighted by Gasteiger charge is -2.18. The zero-order valence-electron chi connectivity index (χ0n) is 15.0. The Hall–Kier alpha value is -2.31. The predicted molar refractivity (Wildman–Crippen MR) is 107 cm³/mol. The Balaban J connectivity index is 2.15. The number of ether oxygens (including phenoxy) is 1. The normalized spacial score (nSPS) is 14.5. The number of hydrogen-bond acceptors (Lipinski definition) is 4. The molecule has 4 nitrogen and oxygen atoms in total. The third-order valence-corrected chi connectivity index (χ3v) is 5.23. The molecule has 1 heterocycles. The molecular formula is C20H17ClFNO3S. The van der Waals surface area contributed by atoms with Crippen LogP contribution in [0.1, 0.15) is 19.4 Å². The predicted octanol–water partition coefficient (Wildman–Crippen LogP) is 4.91. The van der Waals surface area contributed by atoms with Gasteiger partial charge < -0.3 is 4.74 Å². The average molecular weight is 406 g/mol. The summed E-state index contributed by atoms with van der Waals surface area (Å²) < 4.78 is 18.6. The number of carbonyl (C=O) groups excluding carboxylic acids is 2. The van der Waals surface area contributed by atoms with E-state index in [1.807, 2.05) is 13.8 Å². The molecule has 0 saturated carbocycles. The SMILES string of the molecule is COc1ccc(Cl)cc1N1C(=O)C(SC(C)C)=C(c2ccc(F)cc2)C1=O. The molecule has 0 aromatic heterocycles. The quantitative estimate of drug-likeness (QED) is 0.663. The number of amides is 2. The van der Waals surface area contributed by atoms with E-state index in [2.05, 4.69) is 0 Å². The number of thioether (sulfide) groups is 1. The van der Waals surface area contributed by atoms with Crippen molar-refractivity contribution in [3.8, 4) is 5.75 Å². The number of methoxy groups -OCH3 is 1. The lowest BCUT2D eigenvalue weighted by Crippen LogP contribution is -2.31. The van der Waals surface area contributed by atoms with E-state index < -0.39 is 17.6 Å². The van der Waals surface area contributed by atoms with Crippen LogP contribution in [0.4, 0.5) is 10.1 Å². The summed E-state index contributed by atoms with van der Waals surface area (Å²) in [6.07, 6.45) is 0. The molecule has 0 atom stereocenters. The van der Waals surface area contributed by atoms with Crippen molar-refractivity contribution in [2.45, 2.75) is 19.1 Å². The van der Waals surface area contributed by atoms with E-state index in [4.69, 9.17) is 16.3 Å². The summed E-state index contributed by atoms with van der Waals surface area (Å²) in [5, 5.41) is 0.452. The Bertz CT molecular complexity index is 941. The second-order valence-electron chi connectivity index (χ2n) is 6.14. The fourth-order valence-electron chi connectivity index (χ4n) is 2.78. The molecule has 140 valence electrons. The molecule has 0 radical (unpaired) electrons. The third-order valence-electron chi connectivity index (χ3n) is 3.91. The van der Waals surface area contributed by atoms with Gasteiger partial charge in [-0.3, -0.25) is 9.59 Å². The van der Waals surface area contributed by atoms with Crippen molar-refractivity contribution in [3.05, 3.63) is 63.8 Å². The molecular weight excluding hydrogens is 389 g/mol. The van der Waals surface area contributed by atoms with E-state index in [1.54, 1.807) is 12.1 Å². The molecule has 0 fully saturated rings. The van der Waals surface area contributed by atoms with Gasteiger partial charge in [0, 0.05) is 10.3 Å². The number of halogens is 2. The zero-order chi connectivity index (χ0) is 19.7. The van der Waals surface area contributed by atoms with Crippen molar-refractivity contribution in [1.29, 1.82) is 0 Å². The lowest BCUT2D eigenvalue weighted by atomic mass is 10.1. The summed E-state index contributed by atoms with van der Waals surface area (Å²) in [5.41, 5.74) is 1.01. The summed E-state index contributed by atoms with van der Waals surface area (Å²) in [6, 6.07) is 10.3. The van der Waals surface area contributed by atoms with Crippen molar-refractivity contribution in [2.24, 2.45) is 0 Å². The summed E-state index contributed by atoms with van der Waals surface area (Å²) >= 11 is 7.37. The smallest absolute Gasteiger partial charge is 0.272 e. The van der Waals surface area contributed by atoms with Gasteiger partial charge in [0.05, 0.1) is 23.3 Å². The molecule has 0 aliphatic carbocycles. The van der Waals surface area contributed by atoms with Gasteiger partial charge in [-0.15, -0.1) is 11.8 Å². The van der Waals surface area contributed by atoms with Crippen LogP contribution in [0.25, 0.3) is 5.57 Å². The van der Waals surface area contributed by atoms with Gasteiger partial charge in [-0.05, 0) is 35.9 Å². The van der Waals surface area contributed by atoms with Gasteiger partial charge in [-0.25, -0.2) is 9.29 Å². The van der Waals surface area contributed by atoms with Gasteiger partial charge in [0.25, 0.3) is 11.8 Å². The van der Waals surface area contributed by atoms with E-state index in [-0.39, 0.29) is 16.5 Å². The van der Waals surface area contributed by atoms with E-state index in [0.717, 1.165) is 4.90 Å². The van der Waals surface area contributed by atoms with Gasteiger partial charge in [0.2, 0.25) is 0 Å². The van der Waals surface area contributed by atoms with Gasteiger partial charge in [-0.1, -0.05) is 37.6 Å². The Morgan fingerprint density at radius 2 is 1.74 bits per heavy atom. The molecule has 1 aliphatic rings. The van der Waals surface area contributed by atoms with Crippen molar-refractivity contribution in [2.75, 3.05) is 12.0 Å². The molecule has 0 saturated heterocycles. The van der Waals surface area contributed by atoms with Crippen LogP contribution in [-0.2, 0) is 9.59 Å². The lowest BCUT2D eigenvalue weighted by molar-refractivity contribution is -0.119. The third kappa shape index (κ3) is 3.73. The minimum Gasteiger partial charge on any atom is -0.495 e. The molecule has 2 amide bonds. The maximum absolute atomic E-state index is 13.3. The average Bonchev–Trinajstić information content (AvgIpc) is 2.85.